The van der Waals surface area contributed by atoms with Crippen LogP contribution in [0.25, 0.3) is 0 Å². The van der Waals surface area contributed by atoms with Crippen molar-refractivity contribution in [1.29, 1.82) is 0 Å². The van der Waals surface area contributed by atoms with Crippen LogP contribution in [0.1, 0.15) is 26.2 Å². The third kappa shape index (κ3) is 4.15. The van der Waals surface area contributed by atoms with Crippen molar-refractivity contribution in [2.24, 2.45) is 0 Å². The molecule has 2 rings (SSSR count). The summed E-state index contributed by atoms with van der Waals surface area (Å²) in [5.74, 6) is -0.712. The first-order chi connectivity index (χ1) is 9.92. The van der Waals surface area contributed by atoms with Gasteiger partial charge in [0, 0.05) is 6.04 Å². The average molecular weight is 315 g/mol. The standard InChI is InChI=1S/C14H22FN3O2S/c1-2-7-18-8-5-11(6-9-18)17-21(19,20)12-3-4-14(16)13(15)10-12/h3-4,10-11,17H,2,5-9,16H2,1H3. The molecule has 5 nitrogen and oxygen atoms in total. The van der Waals surface area contributed by atoms with Gasteiger partial charge in [-0.3, -0.25) is 0 Å². The highest BCUT2D eigenvalue weighted by Gasteiger charge is 2.24. The van der Waals surface area contributed by atoms with Crippen LogP contribution >= 0.6 is 0 Å². The zero-order valence-corrected chi connectivity index (χ0v) is 13.0. The van der Waals surface area contributed by atoms with Crippen LogP contribution in [0.5, 0.6) is 0 Å². The van der Waals surface area contributed by atoms with Gasteiger partial charge in [-0.05, 0) is 57.1 Å². The molecule has 0 radical (unpaired) electrons. The minimum Gasteiger partial charge on any atom is -0.396 e. The molecule has 1 aliphatic rings. The molecule has 1 aliphatic heterocycles. The number of halogens is 1. The number of hydrogen-bond donors (Lipinski definition) is 2. The number of sulfonamides is 1. The van der Waals surface area contributed by atoms with Gasteiger partial charge in [0.1, 0.15) is 5.82 Å². The van der Waals surface area contributed by atoms with Crippen molar-refractivity contribution in [1.82, 2.24) is 9.62 Å². The Balaban J connectivity index is 2.00. The first-order valence-corrected chi connectivity index (χ1v) is 8.70. The highest BCUT2D eigenvalue weighted by molar-refractivity contribution is 7.89. The number of nitrogen functional groups attached to an aromatic ring is 1. The molecule has 1 saturated heterocycles. The summed E-state index contributed by atoms with van der Waals surface area (Å²) < 4.78 is 40.5. The molecule has 21 heavy (non-hydrogen) atoms. The number of nitrogens with zero attached hydrogens (tertiary/aromatic N) is 1. The smallest absolute Gasteiger partial charge is 0.240 e. The predicted octanol–water partition coefficient (Wildman–Crippen LogP) is 1.56. The molecule has 1 aromatic rings. The summed E-state index contributed by atoms with van der Waals surface area (Å²) in [5, 5.41) is 0. The number of anilines is 1. The Morgan fingerprint density at radius 1 is 1.38 bits per heavy atom. The van der Waals surface area contributed by atoms with Crippen LogP contribution in [0.4, 0.5) is 10.1 Å². The van der Waals surface area contributed by atoms with Gasteiger partial charge in [0.2, 0.25) is 10.0 Å². The largest absolute Gasteiger partial charge is 0.396 e. The molecular weight excluding hydrogens is 293 g/mol. The van der Waals surface area contributed by atoms with Gasteiger partial charge in [0.15, 0.2) is 0 Å². The summed E-state index contributed by atoms with van der Waals surface area (Å²) >= 11 is 0. The minimum absolute atomic E-state index is 0.0539. The molecule has 1 fully saturated rings. The molecule has 1 aromatic carbocycles. The Morgan fingerprint density at radius 2 is 2.05 bits per heavy atom. The topological polar surface area (TPSA) is 75.4 Å². The van der Waals surface area contributed by atoms with Gasteiger partial charge >= 0.3 is 0 Å². The van der Waals surface area contributed by atoms with Crippen molar-refractivity contribution in [3.63, 3.8) is 0 Å². The zero-order chi connectivity index (χ0) is 15.5. The van der Waals surface area contributed by atoms with E-state index >= 15 is 0 Å². The van der Waals surface area contributed by atoms with Crippen molar-refractivity contribution in [3.8, 4) is 0 Å². The van der Waals surface area contributed by atoms with Gasteiger partial charge in [-0.2, -0.15) is 0 Å². The van der Waals surface area contributed by atoms with E-state index in [9.17, 15) is 12.8 Å². The molecule has 0 atom stereocenters. The van der Waals surface area contributed by atoms with Gasteiger partial charge < -0.3 is 10.6 Å². The predicted molar refractivity (Wildman–Crippen MR) is 80.9 cm³/mol. The Hall–Kier alpha value is -1.18. The van der Waals surface area contributed by atoms with E-state index in [4.69, 9.17) is 5.73 Å². The molecule has 0 aliphatic carbocycles. The lowest BCUT2D eigenvalue weighted by molar-refractivity contribution is 0.208. The van der Waals surface area contributed by atoms with Crippen LogP contribution in [-0.2, 0) is 10.0 Å². The van der Waals surface area contributed by atoms with Crippen LogP contribution < -0.4 is 10.5 Å². The number of rotatable bonds is 5. The molecule has 0 aromatic heterocycles. The fraction of sp³-hybridized carbons (Fsp3) is 0.571. The highest BCUT2D eigenvalue weighted by atomic mass is 32.2. The van der Waals surface area contributed by atoms with Crippen molar-refractivity contribution in [2.45, 2.75) is 37.1 Å². The number of nitrogens with one attached hydrogen (secondary N) is 1. The fourth-order valence-corrected chi connectivity index (χ4v) is 3.87. The van der Waals surface area contributed by atoms with E-state index in [2.05, 4.69) is 16.5 Å². The third-order valence-corrected chi connectivity index (χ3v) is 5.25. The SMILES string of the molecule is CCCN1CCC(NS(=O)(=O)c2ccc(N)c(F)c2)CC1. The summed E-state index contributed by atoms with van der Waals surface area (Å²) in [5.41, 5.74) is 5.31. The first kappa shape index (κ1) is 16.2. The third-order valence-electron chi connectivity index (χ3n) is 3.73. The van der Waals surface area contributed by atoms with E-state index in [1.807, 2.05) is 0 Å². The molecular formula is C14H22FN3O2S. The summed E-state index contributed by atoms with van der Waals surface area (Å²) in [4.78, 5) is 2.25. The van der Waals surface area contributed by atoms with Gasteiger partial charge in [-0.1, -0.05) is 6.92 Å². The summed E-state index contributed by atoms with van der Waals surface area (Å²) in [6.07, 6.45) is 2.65. The molecule has 0 amide bonds. The first-order valence-electron chi connectivity index (χ1n) is 7.22. The molecule has 118 valence electrons. The quantitative estimate of drug-likeness (QED) is 0.809. The van der Waals surface area contributed by atoms with Gasteiger partial charge in [0.05, 0.1) is 10.6 Å². The van der Waals surface area contributed by atoms with Gasteiger partial charge in [-0.15, -0.1) is 0 Å². The molecule has 0 saturated carbocycles. The maximum Gasteiger partial charge on any atom is 0.240 e. The number of hydrogen-bond acceptors (Lipinski definition) is 4. The monoisotopic (exact) mass is 315 g/mol. The summed E-state index contributed by atoms with van der Waals surface area (Å²) in [6, 6.07) is 3.47. The molecule has 0 unspecified atom stereocenters. The Labute approximate surface area is 125 Å². The van der Waals surface area contributed by atoms with E-state index in [-0.39, 0.29) is 16.6 Å². The molecule has 1 heterocycles. The zero-order valence-electron chi connectivity index (χ0n) is 12.2. The number of benzene rings is 1. The summed E-state index contributed by atoms with van der Waals surface area (Å²) in [6.45, 7) is 4.95. The van der Waals surface area contributed by atoms with Gasteiger partial charge in [-0.25, -0.2) is 17.5 Å². The van der Waals surface area contributed by atoms with Crippen LogP contribution in [-0.4, -0.2) is 39.0 Å². The van der Waals surface area contributed by atoms with Crippen molar-refractivity contribution >= 4 is 15.7 Å². The van der Waals surface area contributed by atoms with Crippen LogP contribution in [0.2, 0.25) is 0 Å². The molecule has 3 N–H and O–H groups in total. The van der Waals surface area contributed by atoms with Crippen molar-refractivity contribution in [3.05, 3.63) is 24.0 Å². The van der Waals surface area contributed by atoms with Crippen molar-refractivity contribution < 1.29 is 12.8 Å². The number of nitrogens with two attached hydrogens (primary N) is 1. The van der Waals surface area contributed by atoms with E-state index in [1.165, 1.54) is 12.1 Å². The maximum absolute atomic E-state index is 13.4. The normalized spacial score (nSPS) is 18.0. The molecule has 7 heteroatoms. The molecule has 0 spiro atoms. The Bertz CT molecular complexity index is 584. The Kier molecular flexibility index (Phi) is 5.18. The van der Waals surface area contributed by atoms with E-state index in [1.54, 1.807) is 0 Å². The molecule has 0 bridgehead atoms. The van der Waals surface area contributed by atoms with Crippen LogP contribution in [0.15, 0.2) is 23.1 Å². The maximum atomic E-state index is 13.4. The number of piperidine rings is 1. The van der Waals surface area contributed by atoms with E-state index < -0.39 is 15.8 Å². The lowest BCUT2D eigenvalue weighted by atomic mass is 10.1. The van der Waals surface area contributed by atoms with E-state index in [0.717, 1.165) is 45.0 Å². The van der Waals surface area contributed by atoms with Crippen molar-refractivity contribution in [2.75, 3.05) is 25.4 Å². The second-order valence-electron chi connectivity index (χ2n) is 5.42. The van der Waals surface area contributed by atoms with E-state index in [0.29, 0.717) is 0 Å². The minimum atomic E-state index is -3.69. The second-order valence-corrected chi connectivity index (χ2v) is 7.13. The van der Waals surface area contributed by atoms with Crippen LogP contribution in [0.3, 0.4) is 0 Å². The lowest BCUT2D eigenvalue weighted by Crippen LogP contribution is -2.44. The van der Waals surface area contributed by atoms with Gasteiger partial charge in [0.25, 0.3) is 0 Å². The van der Waals surface area contributed by atoms with Crippen LogP contribution in [0, 0.1) is 5.82 Å². The fourth-order valence-electron chi connectivity index (χ4n) is 2.55. The summed E-state index contributed by atoms with van der Waals surface area (Å²) in [7, 11) is -3.69. The Morgan fingerprint density at radius 3 is 2.62 bits per heavy atom. The highest BCUT2D eigenvalue weighted by Crippen LogP contribution is 2.18. The lowest BCUT2D eigenvalue weighted by Gasteiger charge is -2.31. The number of likely N-dealkylation sites (tertiary alicyclic amines) is 1. The average Bonchev–Trinajstić information content (AvgIpc) is 2.44. The second kappa shape index (κ2) is 6.72.